The zero-order chi connectivity index (χ0) is 15.4. The summed E-state index contributed by atoms with van der Waals surface area (Å²) in [6.07, 6.45) is 0.388. The quantitative estimate of drug-likeness (QED) is 0.848. The maximum Gasteiger partial charge on any atom is 0.326 e. The number of benzene rings is 1. The third-order valence-electron chi connectivity index (χ3n) is 3.12. The highest BCUT2D eigenvalue weighted by Gasteiger charge is 2.22. The molecule has 112 valence electrons. The number of carboxylic acids is 1. The predicted octanol–water partition coefficient (Wildman–Crippen LogP) is 1.99. The summed E-state index contributed by atoms with van der Waals surface area (Å²) in [5.74, 6) is -1.22. The van der Waals surface area contributed by atoms with E-state index in [1.807, 2.05) is 32.0 Å². The molecular weight excluding hydrogens is 272 g/mol. The van der Waals surface area contributed by atoms with Gasteiger partial charge in [0, 0.05) is 5.39 Å². The number of hydrogen-bond acceptors (Lipinski definition) is 4. The number of aliphatic carboxylic acids is 1. The molecule has 0 aliphatic carbocycles. The Morgan fingerprint density at radius 2 is 2.05 bits per heavy atom. The summed E-state index contributed by atoms with van der Waals surface area (Å²) in [6.45, 7) is 3.82. The van der Waals surface area contributed by atoms with Crippen molar-refractivity contribution in [3.05, 3.63) is 30.0 Å². The smallest absolute Gasteiger partial charge is 0.326 e. The summed E-state index contributed by atoms with van der Waals surface area (Å²) in [4.78, 5) is 23.1. The first-order chi connectivity index (χ1) is 9.97. The molecule has 0 spiro atoms. The van der Waals surface area contributed by atoms with Crippen LogP contribution in [0.1, 0.15) is 26.0 Å². The standard InChI is InChI=1S/C15H18N2O4/c1-9(2)7-12(15(19)20)16-14(18)8-11-10-5-3-4-6-13(10)21-17-11/h3-6,9,12H,7-8H2,1-2H3,(H,16,18)(H,19,20). The Bertz CT molecular complexity index is 648. The van der Waals surface area contributed by atoms with Crippen LogP contribution in [0.2, 0.25) is 0 Å². The summed E-state index contributed by atoms with van der Waals surface area (Å²) in [5, 5.41) is 16.3. The van der Waals surface area contributed by atoms with Crippen molar-refractivity contribution < 1.29 is 19.2 Å². The predicted molar refractivity (Wildman–Crippen MR) is 76.7 cm³/mol. The van der Waals surface area contributed by atoms with Gasteiger partial charge in [-0.1, -0.05) is 31.1 Å². The minimum Gasteiger partial charge on any atom is -0.480 e. The summed E-state index contributed by atoms with van der Waals surface area (Å²) < 4.78 is 5.12. The second-order valence-corrected chi connectivity index (χ2v) is 5.39. The molecule has 0 fully saturated rings. The molecule has 1 amide bonds. The van der Waals surface area contributed by atoms with Crippen LogP contribution < -0.4 is 5.32 Å². The fourth-order valence-electron chi connectivity index (χ4n) is 2.16. The van der Waals surface area contributed by atoms with Crippen molar-refractivity contribution in [3.8, 4) is 0 Å². The van der Waals surface area contributed by atoms with Crippen LogP contribution in [0.25, 0.3) is 11.0 Å². The summed E-state index contributed by atoms with van der Waals surface area (Å²) >= 11 is 0. The molecule has 2 aromatic rings. The molecule has 1 unspecified atom stereocenters. The van der Waals surface area contributed by atoms with Gasteiger partial charge in [-0.2, -0.15) is 0 Å². The summed E-state index contributed by atoms with van der Waals surface area (Å²) in [5.41, 5.74) is 1.12. The van der Waals surface area contributed by atoms with Gasteiger partial charge in [0.2, 0.25) is 5.91 Å². The Labute approximate surface area is 122 Å². The van der Waals surface area contributed by atoms with E-state index in [-0.39, 0.29) is 18.2 Å². The zero-order valence-electron chi connectivity index (χ0n) is 12.0. The highest BCUT2D eigenvalue weighted by Crippen LogP contribution is 2.18. The fourth-order valence-corrected chi connectivity index (χ4v) is 2.16. The maximum atomic E-state index is 12.0. The van der Waals surface area contributed by atoms with E-state index >= 15 is 0 Å². The molecule has 0 radical (unpaired) electrons. The van der Waals surface area contributed by atoms with Gasteiger partial charge in [-0.05, 0) is 24.5 Å². The van der Waals surface area contributed by atoms with Gasteiger partial charge in [0.1, 0.15) is 11.7 Å². The van der Waals surface area contributed by atoms with Crippen molar-refractivity contribution >= 4 is 22.8 Å². The normalized spacial score (nSPS) is 12.5. The van der Waals surface area contributed by atoms with Crippen LogP contribution in [-0.2, 0) is 16.0 Å². The lowest BCUT2D eigenvalue weighted by molar-refractivity contribution is -0.142. The number of nitrogens with one attached hydrogen (secondary N) is 1. The molecule has 0 aliphatic rings. The molecule has 1 atom stereocenters. The second kappa shape index (κ2) is 6.39. The van der Waals surface area contributed by atoms with E-state index in [0.29, 0.717) is 17.7 Å². The van der Waals surface area contributed by atoms with Crippen LogP contribution in [-0.4, -0.2) is 28.2 Å². The van der Waals surface area contributed by atoms with Gasteiger partial charge >= 0.3 is 5.97 Å². The minimum atomic E-state index is -1.03. The second-order valence-electron chi connectivity index (χ2n) is 5.39. The van der Waals surface area contributed by atoms with Crippen LogP contribution in [0.4, 0.5) is 0 Å². The zero-order valence-corrected chi connectivity index (χ0v) is 12.0. The number of aromatic nitrogens is 1. The average molecular weight is 290 g/mol. The third-order valence-corrected chi connectivity index (χ3v) is 3.12. The van der Waals surface area contributed by atoms with Gasteiger partial charge in [0.25, 0.3) is 0 Å². The molecule has 0 saturated heterocycles. The van der Waals surface area contributed by atoms with Gasteiger partial charge < -0.3 is 14.9 Å². The number of fused-ring (bicyclic) bond motifs is 1. The SMILES string of the molecule is CC(C)CC(NC(=O)Cc1noc2ccccc12)C(=O)O. The summed E-state index contributed by atoms with van der Waals surface area (Å²) in [7, 11) is 0. The molecule has 2 N–H and O–H groups in total. The Morgan fingerprint density at radius 1 is 1.33 bits per heavy atom. The molecule has 1 aromatic carbocycles. The molecule has 1 heterocycles. The van der Waals surface area contributed by atoms with Crippen LogP contribution in [0.15, 0.2) is 28.8 Å². The Hall–Kier alpha value is -2.37. The van der Waals surface area contributed by atoms with Crippen molar-refractivity contribution in [2.45, 2.75) is 32.7 Å². The van der Waals surface area contributed by atoms with Crippen LogP contribution in [0.3, 0.4) is 0 Å². The molecule has 6 heteroatoms. The molecular formula is C15H18N2O4. The fraction of sp³-hybridized carbons (Fsp3) is 0.400. The highest BCUT2D eigenvalue weighted by molar-refractivity contribution is 5.88. The molecule has 0 bridgehead atoms. The lowest BCUT2D eigenvalue weighted by atomic mass is 10.0. The Morgan fingerprint density at radius 3 is 2.71 bits per heavy atom. The highest BCUT2D eigenvalue weighted by atomic mass is 16.5. The largest absolute Gasteiger partial charge is 0.480 e. The van der Waals surface area contributed by atoms with Crippen molar-refractivity contribution in [2.75, 3.05) is 0 Å². The van der Waals surface area contributed by atoms with Gasteiger partial charge in [-0.15, -0.1) is 0 Å². The third kappa shape index (κ3) is 3.81. The van der Waals surface area contributed by atoms with E-state index in [1.165, 1.54) is 0 Å². The van der Waals surface area contributed by atoms with Crippen LogP contribution in [0.5, 0.6) is 0 Å². The van der Waals surface area contributed by atoms with Crippen LogP contribution >= 0.6 is 0 Å². The number of hydrogen-bond donors (Lipinski definition) is 2. The molecule has 0 aliphatic heterocycles. The molecule has 0 saturated carbocycles. The van der Waals surface area contributed by atoms with Crippen molar-refractivity contribution in [2.24, 2.45) is 5.92 Å². The van der Waals surface area contributed by atoms with E-state index < -0.39 is 12.0 Å². The average Bonchev–Trinajstić information content (AvgIpc) is 2.81. The number of para-hydroxylation sites is 1. The number of amides is 1. The Kier molecular flexibility index (Phi) is 4.57. The van der Waals surface area contributed by atoms with E-state index in [2.05, 4.69) is 10.5 Å². The van der Waals surface area contributed by atoms with Crippen molar-refractivity contribution in [1.29, 1.82) is 0 Å². The number of nitrogens with zero attached hydrogens (tertiary/aromatic N) is 1. The first-order valence-corrected chi connectivity index (χ1v) is 6.83. The molecule has 1 aromatic heterocycles. The van der Waals surface area contributed by atoms with E-state index in [4.69, 9.17) is 9.63 Å². The lowest BCUT2D eigenvalue weighted by Crippen LogP contribution is -2.42. The number of carboxylic acid groups (broad SMARTS) is 1. The molecule has 21 heavy (non-hydrogen) atoms. The van der Waals surface area contributed by atoms with E-state index in [9.17, 15) is 9.59 Å². The molecule has 6 nitrogen and oxygen atoms in total. The maximum absolute atomic E-state index is 12.0. The van der Waals surface area contributed by atoms with Gasteiger partial charge in [0.15, 0.2) is 5.58 Å². The molecule has 2 rings (SSSR count). The Balaban J connectivity index is 2.05. The number of carbonyl (C=O) groups excluding carboxylic acids is 1. The first-order valence-electron chi connectivity index (χ1n) is 6.83. The number of carbonyl (C=O) groups is 2. The topological polar surface area (TPSA) is 92.4 Å². The minimum absolute atomic E-state index is 0.00110. The van der Waals surface area contributed by atoms with E-state index in [0.717, 1.165) is 5.39 Å². The van der Waals surface area contributed by atoms with Crippen molar-refractivity contribution in [1.82, 2.24) is 10.5 Å². The van der Waals surface area contributed by atoms with Crippen molar-refractivity contribution in [3.63, 3.8) is 0 Å². The van der Waals surface area contributed by atoms with Crippen LogP contribution in [0, 0.1) is 5.92 Å². The lowest BCUT2D eigenvalue weighted by Gasteiger charge is -2.16. The van der Waals surface area contributed by atoms with E-state index in [1.54, 1.807) is 6.07 Å². The van der Waals surface area contributed by atoms with Gasteiger partial charge in [-0.3, -0.25) is 4.79 Å². The summed E-state index contributed by atoms with van der Waals surface area (Å²) in [6, 6.07) is 6.36. The number of rotatable bonds is 6. The monoisotopic (exact) mass is 290 g/mol. The van der Waals surface area contributed by atoms with Gasteiger partial charge in [0.05, 0.1) is 6.42 Å². The van der Waals surface area contributed by atoms with Gasteiger partial charge in [-0.25, -0.2) is 4.79 Å². The first kappa shape index (κ1) is 15.0.